The fourth-order valence-electron chi connectivity index (χ4n) is 1.57. The van der Waals surface area contributed by atoms with Crippen molar-refractivity contribution in [2.24, 2.45) is 5.92 Å². The van der Waals surface area contributed by atoms with Gasteiger partial charge in [0.2, 0.25) is 11.8 Å². The second kappa shape index (κ2) is 4.68. The summed E-state index contributed by atoms with van der Waals surface area (Å²) in [6.07, 6.45) is 0. The van der Waals surface area contributed by atoms with Gasteiger partial charge in [-0.05, 0) is 5.75 Å². The molecule has 0 aliphatic carbocycles. The second-order valence-electron chi connectivity index (χ2n) is 3.67. The van der Waals surface area contributed by atoms with E-state index in [-0.39, 0.29) is 11.8 Å². The molecule has 0 bridgehead atoms. The quantitative estimate of drug-likeness (QED) is 0.636. The number of carbonyl (C=O) groups excluding carboxylic acids is 2. The van der Waals surface area contributed by atoms with Crippen LogP contribution in [0.5, 0.6) is 0 Å². The molecule has 1 heterocycles. The molecule has 0 N–H and O–H groups in total. The Morgan fingerprint density at radius 3 is 1.93 bits per heavy atom. The minimum atomic E-state index is 0.0164. The summed E-state index contributed by atoms with van der Waals surface area (Å²) in [5.41, 5.74) is 0. The van der Waals surface area contributed by atoms with Crippen LogP contribution in [0.15, 0.2) is 0 Å². The Morgan fingerprint density at radius 1 is 1.21 bits per heavy atom. The molecule has 5 heteroatoms. The average molecular weight is 216 g/mol. The molecule has 1 aliphatic rings. The zero-order valence-corrected chi connectivity index (χ0v) is 9.46. The fourth-order valence-corrected chi connectivity index (χ4v) is 1.81. The van der Waals surface area contributed by atoms with Crippen LogP contribution in [-0.2, 0) is 9.59 Å². The summed E-state index contributed by atoms with van der Waals surface area (Å²) >= 11 is 4.21. The number of amides is 2. The van der Waals surface area contributed by atoms with Crippen molar-refractivity contribution in [2.75, 3.05) is 25.5 Å². The Morgan fingerprint density at radius 2 is 1.64 bits per heavy atom. The molecule has 0 unspecified atom stereocenters. The third kappa shape index (κ3) is 2.64. The second-order valence-corrected chi connectivity index (χ2v) is 4.04. The Balaban J connectivity index is 2.66. The van der Waals surface area contributed by atoms with Gasteiger partial charge < -0.3 is 9.80 Å². The van der Waals surface area contributed by atoms with E-state index in [0.717, 1.165) is 0 Å². The monoisotopic (exact) mass is 216 g/mol. The van der Waals surface area contributed by atoms with E-state index in [4.69, 9.17) is 0 Å². The predicted molar refractivity (Wildman–Crippen MR) is 57.0 cm³/mol. The number of thiol groups is 1. The van der Waals surface area contributed by atoms with Crippen LogP contribution >= 0.6 is 12.6 Å². The first-order valence-electron chi connectivity index (χ1n) is 4.66. The van der Waals surface area contributed by atoms with Gasteiger partial charge in [-0.25, -0.2) is 0 Å². The zero-order valence-electron chi connectivity index (χ0n) is 8.56. The summed E-state index contributed by atoms with van der Waals surface area (Å²) < 4.78 is 0. The van der Waals surface area contributed by atoms with Gasteiger partial charge >= 0.3 is 0 Å². The summed E-state index contributed by atoms with van der Waals surface area (Å²) in [6, 6.07) is 0. The largest absolute Gasteiger partial charge is 0.325 e. The van der Waals surface area contributed by atoms with E-state index in [1.165, 1.54) is 13.8 Å². The Labute approximate surface area is 89.7 Å². The Kier molecular flexibility index (Phi) is 3.80. The molecule has 0 aromatic carbocycles. The lowest BCUT2D eigenvalue weighted by molar-refractivity contribution is -0.141. The van der Waals surface area contributed by atoms with Gasteiger partial charge in [-0.1, -0.05) is 0 Å². The molecule has 0 aromatic heterocycles. The van der Waals surface area contributed by atoms with Crippen LogP contribution in [0.2, 0.25) is 0 Å². The molecule has 0 atom stereocenters. The van der Waals surface area contributed by atoms with E-state index in [2.05, 4.69) is 12.6 Å². The Bertz CT molecular complexity index is 223. The molecular weight excluding hydrogens is 200 g/mol. The number of hydrogen-bond acceptors (Lipinski definition) is 3. The van der Waals surface area contributed by atoms with E-state index < -0.39 is 0 Å². The number of carbonyl (C=O) groups is 2. The van der Waals surface area contributed by atoms with Crippen molar-refractivity contribution in [3.8, 4) is 0 Å². The van der Waals surface area contributed by atoms with Crippen molar-refractivity contribution in [2.45, 2.75) is 13.8 Å². The van der Waals surface area contributed by atoms with Crippen molar-refractivity contribution in [1.82, 2.24) is 9.80 Å². The summed E-state index contributed by atoms with van der Waals surface area (Å²) in [5, 5.41) is 0. The normalized spacial score (nSPS) is 18.5. The molecule has 1 aliphatic heterocycles. The summed E-state index contributed by atoms with van der Waals surface area (Å²) in [6.45, 7) is 4.90. The SMILES string of the molecule is CC(=O)N1CC(CS)CN(C(C)=O)C1. The van der Waals surface area contributed by atoms with Crippen LogP contribution in [0, 0.1) is 5.92 Å². The van der Waals surface area contributed by atoms with Crippen molar-refractivity contribution < 1.29 is 9.59 Å². The van der Waals surface area contributed by atoms with E-state index >= 15 is 0 Å². The maximum Gasteiger partial charge on any atom is 0.220 e. The van der Waals surface area contributed by atoms with Gasteiger partial charge in [0.1, 0.15) is 0 Å². The Hall–Kier alpha value is -0.710. The van der Waals surface area contributed by atoms with Crippen LogP contribution in [0.1, 0.15) is 13.8 Å². The molecule has 2 amide bonds. The lowest BCUT2D eigenvalue weighted by Crippen LogP contribution is -2.53. The highest BCUT2D eigenvalue weighted by atomic mass is 32.1. The molecule has 0 aromatic rings. The minimum Gasteiger partial charge on any atom is -0.325 e. The predicted octanol–water partition coefficient (Wildman–Crippen LogP) is 0.200. The summed E-state index contributed by atoms with van der Waals surface area (Å²) in [5.74, 6) is 1.03. The summed E-state index contributed by atoms with van der Waals surface area (Å²) in [4.78, 5) is 25.8. The van der Waals surface area contributed by atoms with Crippen LogP contribution < -0.4 is 0 Å². The van der Waals surface area contributed by atoms with Crippen molar-refractivity contribution in [3.63, 3.8) is 0 Å². The van der Waals surface area contributed by atoms with E-state index in [0.29, 0.717) is 31.4 Å². The first-order valence-corrected chi connectivity index (χ1v) is 5.29. The average Bonchev–Trinajstić information content (AvgIpc) is 2.16. The molecule has 0 radical (unpaired) electrons. The highest BCUT2D eigenvalue weighted by molar-refractivity contribution is 7.80. The maximum atomic E-state index is 11.2. The molecule has 4 nitrogen and oxygen atoms in total. The molecule has 0 saturated carbocycles. The molecule has 1 rings (SSSR count). The van der Waals surface area contributed by atoms with Gasteiger partial charge in [0, 0.05) is 32.9 Å². The highest BCUT2D eigenvalue weighted by Gasteiger charge is 2.27. The zero-order chi connectivity index (χ0) is 10.7. The standard InChI is InChI=1S/C9H16N2O2S/c1-7(12)10-3-9(5-14)4-11(6-10)8(2)13/h9,14H,3-6H2,1-2H3. The minimum absolute atomic E-state index is 0.0164. The number of rotatable bonds is 1. The molecule has 0 spiro atoms. The van der Waals surface area contributed by atoms with Gasteiger partial charge in [-0.15, -0.1) is 0 Å². The summed E-state index contributed by atoms with van der Waals surface area (Å²) in [7, 11) is 0. The van der Waals surface area contributed by atoms with E-state index in [9.17, 15) is 9.59 Å². The molecule has 80 valence electrons. The lowest BCUT2D eigenvalue weighted by atomic mass is 10.1. The number of hydrogen-bond donors (Lipinski definition) is 1. The topological polar surface area (TPSA) is 40.6 Å². The van der Waals surface area contributed by atoms with Crippen LogP contribution in [0.4, 0.5) is 0 Å². The van der Waals surface area contributed by atoms with Crippen LogP contribution in [-0.4, -0.2) is 47.1 Å². The van der Waals surface area contributed by atoms with Gasteiger partial charge in [0.15, 0.2) is 0 Å². The maximum absolute atomic E-state index is 11.2. The van der Waals surface area contributed by atoms with Crippen LogP contribution in [0.25, 0.3) is 0 Å². The fraction of sp³-hybridized carbons (Fsp3) is 0.778. The highest BCUT2D eigenvalue weighted by Crippen LogP contribution is 2.13. The first kappa shape index (κ1) is 11.4. The molecule has 14 heavy (non-hydrogen) atoms. The van der Waals surface area contributed by atoms with Gasteiger partial charge in [-0.3, -0.25) is 9.59 Å². The smallest absolute Gasteiger partial charge is 0.220 e. The first-order chi connectivity index (χ1) is 6.54. The van der Waals surface area contributed by atoms with E-state index in [1.54, 1.807) is 9.80 Å². The molecular formula is C9H16N2O2S. The lowest BCUT2D eigenvalue weighted by Gasteiger charge is -2.38. The third-order valence-electron chi connectivity index (χ3n) is 2.45. The molecule has 1 saturated heterocycles. The molecule has 1 fully saturated rings. The van der Waals surface area contributed by atoms with E-state index in [1.807, 2.05) is 0 Å². The van der Waals surface area contributed by atoms with Crippen LogP contribution in [0.3, 0.4) is 0 Å². The van der Waals surface area contributed by atoms with Crippen molar-refractivity contribution >= 4 is 24.4 Å². The van der Waals surface area contributed by atoms with Crippen molar-refractivity contribution in [3.05, 3.63) is 0 Å². The van der Waals surface area contributed by atoms with Gasteiger partial charge in [0.25, 0.3) is 0 Å². The number of nitrogens with zero attached hydrogens (tertiary/aromatic N) is 2. The third-order valence-corrected chi connectivity index (χ3v) is 2.96. The van der Waals surface area contributed by atoms with Crippen molar-refractivity contribution in [1.29, 1.82) is 0 Å². The van der Waals surface area contributed by atoms with Gasteiger partial charge in [0.05, 0.1) is 6.67 Å². The van der Waals surface area contributed by atoms with Gasteiger partial charge in [-0.2, -0.15) is 12.6 Å².